The highest BCUT2D eigenvalue weighted by Crippen LogP contribution is 2.34. The molecule has 4 nitrogen and oxygen atoms in total. The van der Waals surface area contributed by atoms with Crippen LogP contribution in [0.1, 0.15) is 30.0 Å². The van der Waals surface area contributed by atoms with E-state index in [0.717, 1.165) is 48.8 Å². The third kappa shape index (κ3) is 4.61. The number of halogens is 2. The fourth-order valence-electron chi connectivity index (χ4n) is 4.25. The minimum Gasteiger partial charge on any atom is -0.481 e. The summed E-state index contributed by atoms with van der Waals surface area (Å²) in [5, 5.41) is 10.9. The molecular formula is C23H24Cl2N2O2. The summed E-state index contributed by atoms with van der Waals surface area (Å²) in [6, 6.07) is 18.4. The van der Waals surface area contributed by atoms with E-state index in [9.17, 15) is 4.79 Å². The molecule has 2 heterocycles. The van der Waals surface area contributed by atoms with Gasteiger partial charge in [-0.15, -0.1) is 11.6 Å². The van der Waals surface area contributed by atoms with Crippen molar-refractivity contribution >= 4 is 40.1 Å². The lowest BCUT2D eigenvalue weighted by molar-refractivity contribution is -0.136. The molecule has 1 N–H and O–H groups in total. The highest BCUT2D eigenvalue weighted by molar-refractivity contribution is 6.31. The predicted molar refractivity (Wildman–Crippen MR) is 118 cm³/mol. The standard InChI is InChI=1S/C23H24Cl2N2O2/c24-21(13-16-4-2-1-3-5-16)26-10-8-19(9-11-26)27-20-12-17(14-23(28)29)6-7-18(20)15-22(27)25/h1-7,12,15,19,21H,8-11,13-14H2,(H,28,29). The zero-order valence-corrected chi connectivity index (χ0v) is 17.6. The van der Waals surface area contributed by atoms with E-state index in [2.05, 4.69) is 21.6 Å². The number of aromatic nitrogens is 1. The number of benzene rings is 2. The summed E-state index contributed by atoms with van der Waals surface area (Å²) in [7, 11) is 0. The number of nitrogens with zero attached hydrogens (tertiary/aromatic N) is 2. The van der Waals surface area contributed by atoms with E-state index in [-0.39, 0.29) is 18.0 Å². The zero-order valence-electron chi connectivity index (χ0n) is 16.1. The smallest absolute Gasteiger partial charge is 0.307 e. The Kier molecular flexibility index (Phi) is 6.14. The van der Waals surface area contributed by atoms with Gasteiger partial charge in [0.25, 0.3) is 0 Å². The molecule has 1 fully saturated rings. The molecule has 0 saturated carbocycles. The zero-order chi connectivity index (χ0) is 20.4. The number of alkyl halides is 1. The molecular weight excluding hydrogens is 407 g/mol. The summed E-state index contributed by atoms with van der Waals surface area (Å²) in [4.78, 5) is 13.4. The molecule has 1 aliphatic rings. The lowest BCUT2D eigenvalue weighted by Gasteiger charge is -2.36. The van der Waals surface area contributed by atoms with E-state index in [0.29, 0.717) is 5.15 Å². The van der Waals surface area contributed by atoms with Gasteiger partial charge in [0, 0.05) is 36.5 Å². The van der Waals surface area contributed by atoms with Crippen LogP contribution >= 0.6 is 23.2 Å². The van der Waals surface area contributed by atoms with Gasteiger partial charge in [-0.1, -0.05) is 54.1 Å². The number of fused-ring (bicyclic) bond motifs is 1. The van der Waals surface area contributed by atoms with Gasteiger partial charge in [0.1, 0.15) is 5.15 Å². The van der Waals surface area contributed by atoms with Crippen LogP contribution in [0.4, 0.5) is 0 Å². The second-order valence-electron chi connectivity index (χ2n) is 7.69. The van der Waals surface area contributed by atoms with Crippen LogP contribution in [0.3, 0.4) is 0 Å². The molecule has 0 spiro atoms. The van der Waals surface area contributed by atoms with Crippen LogP contribution in [0.2, 0.25) is 5.15 Å². The molecule has 2 aromatic carbocycles. The average Bonchev–Trinajstić information content (AvgIpc) is 3.03. The molecule has 4 rings (SSSR count). The summed E-state index contributed by atoms with van der Waals surface area (Å²) < 4.78 is 2.17. The van der Waals surface area contributed by atoms with E-state index < -0.39 is 5.97 Å². The van der Waals surface area contributed by atoms with Gasteiger partial charge in [-0.3, -0.25) is 9.69 Å². The first-order chi connectivity index (χ1) is 14.0. The van der Waals surface area contributed by atoms with Gasteiger partial charge in [-0.05, 0) is 36.1 Å². The van der Waals surface area contributed by atoms with E-state index in [4.69, 9.17) is 28.3 Å². The highest BCUT2D eigenvalue weighted by Gasteiger charge is 2.26. The Morgan fingerprint density at radius 1 is 1.07 bits per heavy atom. The van der Waals surface area contributed by atoms with Crippen molar-refractivity contribution in [2.45, 2.75) is 37.2 Å². The van der Waals surface area contributed by atoms with Gasteiger partial charge in [-0.2, -0.15) is 0 Å². The number of aliphatic carboxylic acids is 1. The van der Waals surface area contributed by atoms with Gasteiger partial charge >= 0.3 is 5.97 Å². The largest absolute Gasteiger partial charge is 0.481 e. The van der Waals surface area contributed by atoms with Crippen molar-refractivity contribution in [2.24, 2.45) is 0 Å². The molecule has 1 aliphatic heterocycles. The summed E-state index contributed by atoms with van der Waals surface area (Å²) in [5.41, 5.74) is 3.04. The lowest BCUT2D eigenvalue weighted by atomic mass is 10.0. The van der Waals surface area contributed by atoms with Crippen molar-refractivity contribution in [1.29, 1.82) is 0 Å². The Bertz CT molecular complexity index is 995. The topological polar surface area (TPSA) is 45.5 Å². The first-order valence-corrected chi connectivity index (χ1v) is 10.8. The van der Waals surface area contributed by atoms with E-state index in [1.54, 1.807) is 0 Å². The maximum absolute atomic E-state index is 11.1. The number of hydrogen-bond acceptors (Lipinski definition) is 2. The number of carboxylic acid groups (broad SMARTS) is 1. The molecule has 0 amide bonds. The van der Waals surface area contributed by atoms with Crippen LogP contribution in [-0.4, -0.2) is 39.1 Å². The minimum atomic E-state index is -0.826. The summed E-state index contributed by atoms with van der Waals surface area (Å²) in [6.07, 6.45) is 2.78. The van der Waals surface area contributed by atoms with Crippen LogP contribution < -0.4 is 0 Å². The van der Waals surface area contributed by atoms with E-state index in [1.165, 1.54) is 5.56 Å². The quantitative estimate of drug-likeness (QED) is 0.422. The number of likely N-dealkylation sites (tertiary alicyclic amines) is 1. The second-order valence-corrected chi connectivity index (χ2v) is 8.58. The molecule has 0 radical (unpaired) electrons. The first-order valence-electron chi connectivity index (χ1n) is 9.94. The van der Waals surface area contributed by atoms with Crippen molar-refractivity contribution in [3.63, 3.8) is 0 Å². The molecule has 152 valence electrons. The first kappa shape index (κ1) is 20.3. The Hall–Kier alpha value is -2.01. The molecule has 3 aromatic rings. The lowest BCUT2D eigenvalue weighted by Crippen LogP contribution is -2.40. The van der Waals surface area contributed by atoms with Gasteiger partial charge in [0.05, 0.1) is 11.9 Å². The fourth-order valence-corrected chi connectivity index (χ4v) is 4.97. The molecule has 0 aliphatic carbocycles. The average molecular weight is 431 g/mol. The molecule has 1 atom stereocenters. The maximum Gasteiger partial charge on any atom is 0.307 e. The highest BCUT2D eigenvalue weighted by atomic mass is 35.5. The molecule has 1 unspecified atom stereocenters. The Morgan fingerprint density at radius 2 is 1.79 bits per heavy atom. The van der Waals surface area contributed by atoms with Gasteiger partial charge < -0.3 is 9.67 Å². The van der Waals surface area contributed by atoms with Crippen molar-refractivity contribution in [3.05, 3.63) is 70.9 Å². The van der Waals surface area contributed by atoms with Gasteiger partial charge in [0.15, 0.2) is 0 Å². The minimum absolute atomic E-state index is 0.0163. The van der Waals surface area contributed by atoms with Gasteiger partial charge in [-0.25, -0.2) is 0 Å². The summed E-state index contributed by atoms with van der Waals surface area (Å²) >= 11 is 13.3. The molecule has 1 aromatic heterocycles. The number of carbonyl (C=O) groups is 1. The molecule has 6 heteroatoms. The van der Waals surface area contributed by atoms with Crippen molar-refractivity contribution in [1.82, 2.24) is 9.47 Å². The van der Waals surface area contributed by atoms with Crippen molar-refractivity contribution in [3.8, 4) is 0 Å². The molecule has 1 saturated heterocycles. The van der Waals surface area contributed by atoms with Crippen molar-refractivity contribution in [2.75, 3.05) is 13.1 Å². The second kappa shape index (κ2) is 8.78. The Labute approximate surface area is 180 Å². The van der Waals surface area contributed by atoms with Crippen LogP contribution in [0.25, 0.3) is 10.9 Å². The van der Waals surface area contributed by atoms with Gasteiger partial charge in [0.2, 0.25) is 0 Å². The van der Waals surface area contributed by atoms with Crippen LogP contribution in [0, 0.1) is 0 Å². The number of carboxylic acids is 1. The summed E-state index contributed by atoms with van der Waals surface area (Å²) in [5.74, 6) is -0.826. The normalized spacial score (nSPS) is 16.9. The number of rotatable bonds is 6. The number of hydrogen-bond donors (Lipinski definition) is 1. The van der Waals surface area contributed by atoms with Crippen LogP contribution in [-0.2, 0) is 17.6 Å². The van der Waals surface area contributed by atoms with E-state index in [1.807, 2.05) is 42.5 Å². The van der Waals surface area contributed by atoms with Crippen LogP contribution in [0.5, 0.6) is 0 Å². The maximum atomic E-state index is 11.1. The molecule has 29 heavy (non-hydrogen) atoms. The summed E-state index contributed by atoms with van der Waals surface area (Å²) in [6.45, 7) is 1.83. The molecule has 0 bridgehead atoms. The Morgan fingerprint density at radius 3 is 2.48 bits per heavy atom. The SMILES string of the molecule is O=C(O)Cc1ccc2cc(Cl)n(C3CCN(C(Cl)Cc4ccccc4)CC3)c2c1. The monoisotopic (exact) mass is 430 g/mol. The van der Waals surface area contributed by atoms with Crippen LogP contribution in [0.15, 0.2) is 54.6 Å². The third-order valence-electron chi connectivity index (χ3n) is 5.72. The van der Waals surface area contributed by atoms with Crippen molar-refractivity contribution < 1.29 is 9.90 Å². The Balaban J connectivity index is 1.47. The predicted octanol–water partition coefficient (Wildman–Crippen LogP) is 5.37. The number of piperidine rings is 1. The third-order valence-corrected chi connectivity index (χ3v) is 6.44. The fraction of sp³-hybridized carbons (Fsp3) is 0.348. The van der Waals surface area contributed by atoms with E-state index >= 15 is 0 Å².